The van der Waals surface area contributed by atoms with Gasteiger partial charge < -0.3 is 5.11 Å². The Hall–Kier alpha value is -2.54. The van der Waals surface area contributed by atoms with E-state index in [1.807, 2.05) is 0 Å². The van der Waals surface area contributed by atoms with Crippen LogP contribution in [0.15, 0.2) is 29.2 Å². The monoisotopic (exact) mass is 287 g/mol. The van der Waals surface area contributed by atoms with E-state index in [2.05, 4.69) is 10.4 Å². The molecule has 1 fully saturated rings. The maximum absolute atomic E-state index is 12.4. The van der Waals surface area contributed by atoms with Crippen molar-refractivity contribution in [3.63, 3.8) is 0 Å². The van der Waals surface area contributed by atoms with Crippen molar-refractivity contribution in [3.8, 4) is 0 Å². The topological polar surface area (TPSA) is 101 Å². The molecule has 0 aliphatic carbocycles. The molecule has 1 aromatic heterocycles. The number of nitrogens with one attached hydrogen (secondary N) is 1. The van der Waals surface area contributed by atoms with Crippen molar-refractivity contribution in [1.82, 2.24) is 15.1 Å². The minimum Gasteiger partial charge on any atom is -0.392 e. The molecule has 2 N–H and O–H groups in total. The average molecular weight is 287 g/mol. The third-order valence-electron chi connectivity index (χ3n) is 3.56. The van der Waals surface area contributed by atoms with Gasteiger partial charge in [-0.25, -0.2) is 4.68 Å². The SMILES string of the molecule is O=C1CCC(n2ncc3cc(CO)ccc3c2=O)C(=O)N1. The number of fused-ring (bicyclic) bond motifs is 1. The van der Waals surface area contributed by atoms with E-state index in [4.69, 9.17) is 5.11 Å². The Bertz CT molecular complexity index is 796. The van der Waals surface area contributed by atoms with E-state index in [0.29, 0.717) is 16.3 Å². The second-order valence-corrected chi connectivity index (χ2v) is 4.94. The van der Waals surface area contributed by atoms with Crippen LogP contribution in [0.5, 0.6) is 0 Å². The Balaban J connectivity index is 2.08. The molecule has 2 heterocycles. The first-order chi connectivity index (χ1) is 10.1. The lowest BCUT2D eigenvalue weighted by molar-refractivity contribution is -0.136. The molecular weight excluding hydrogens is 274 g/mol. The van der Waals surface area contributed by atoms with E-state index in [9.17, 15) is 14.4 Å². The largest absolute Gasteiger partial charge is 0.392 e. The predicted molar refractivity (Wildman–Crippen MR) is 73.3 cm³/mol. The lowest BCUT2D eigenvalue weighted by atomic mass is 10.1. The van der Waals surface area contributed by atoms with Gasteiger partial charge in [0.05, 0.1) is 18.2 Å². The van der Waals surface area contributed by atoms with Gasteiger partial charge in [0, 0.05) is 11.8 Å². The summed E-state index contributed by atoms with van der Waals surface area (Å²) >= 11 is 0. The van der Waals surface area contributed by atoms with Crippen LogP contribution in [-0.2, 0) is 16.2 Å². The number of aromatic nitrogens is 2. The Morgan fingerprint density at radius 1 is 1.33 bits per heavy atom. The Morgan fingerprint density at radius 3 is 2.86 bits per heavy atom. The molecule has 0 saturated carbocycles. The standard InChI is InChI=1S/C14H13N3O4/c18-7-8-1-2-10-9(5-8)6-15-17(14(10)21)11-3-4-12(19)16-13(11)20/h1-2,5-6,11,18H,3-4,7H2,(H,16,19,20). The summed E-state index contributed by atoms with van der Waals surface area (Å²) in [5, 5.41) is 16.4. The van der Waals surface area contributed by atoms with Gasteiger partial charge in [-0.2, -0.15) is 5.10 Å². The molecule has 7 heteroatoms. The molecule has 3 rings (SSSR count). The number of imide groups is 1. The summed E-state index contributed by atoms with van der Waals surface area (Å²) in [6.07, 6.45) is 1.93. The van der Waals surface area contributed by atoms with Crippen LogP contribution in [0.25, 0.3) is 10.8 Å². The molecule has 1 aliphatic heterocycles. The van der Waals surface area contributed by atoms with Gasteiger partial charge in [0.15, 0.2) is 0 Å². The zero-order valence-electron chi connectivity index (χ0n) is 11.1. The minimum atomic E-state index is -0.767. The molecule has 0 bridgehead atoms. The van der Waals surface area contributed by atoms with Crippen LogP contribution < -0.4 is 10.9 Å². The molecule has 1 saturated heterocycles. The number of carbonyl (C=O) groups is 2. The van der Waals surface area contributed by atoms with Gasteiger partial charge >= 0.3 is 0 Å². The molecule has 0 spiro atoms. The van der Waals surface area contributed by atoms with Gasteiger partial charge in [0.25, 0.3) is 11.5 Å². The Labute approximate surface area is 119 Å². The van der Waals surface area contributed by atoms with E-state index in [1.54, 1.807) is 18.2 Å². The number of nitrogens with zero attached hydrogens (tertiary/aromatic N) is 2. The van der Waals surface area contributed by atoms with Crippen LogP contribution in [0.4, 0.5) is 0 Å². The number of rotatable bonds is 2. The van der Waals surface area contributed by atoms with Crippen molar-refractivity contribution < 1.29 is 14.7 Å². The van der Waals surface area contributed by atoms with Crippen molar-refractivity contribution >= 4 is 22.6 Å². The van der Waals surface area contributed by atoms with E-state index in [1.165, 1.54) is 6.20 Å². The molecule has 1 aromatic carbocycles. The van der Waals surface area contributed by atoms with Gasteiger partial charge in [-0.3, -0.25) is 19.7 Å². The summed E-state index contributed by atoms with van der Waals surface area (Å²) < 4.78 is 1.11. The van der Waals surface area contributed by atoms with Crippen LogP contribution >= 0.6 is 0 Å². The number of benzene rings is 1. The predicted octanol–water partition coefficient (Wildman–Crippen LogP) is -0.134. The molecule has 0 radical (unpaired) electrons. The third-order valence-corrected chi connectivity index (χ3v) is 3.56. The first kappa shape index (κ1) is 13.4. The van der Waals surface area contributed by atoms with Crippen LogP contribution in [0, 0.1) is 0 Å². The number of aliphatic hydroxyl groups is 1. The lowest BCUT2D eigenvalue weighted by Gasteiger charge is -2.21. The highest BCUT2D eigenvalue weighted by molar-refractivity contribution is 5.99. The van der Waals surface area contributed by atoms with E-state index in [-0.39, 0.29) is 30.9 Å². The summed E-state index contributed by atoms with van der Waals surface area (Å²) in [5.41, 5.74) is 0.300. The molecule has 2 amide bonds. The molecule has 2 aromatic rings. The van der Waals surface area contributed by atoms with Crippen molar-refractivity contribution in [3.05, 3.63) is 40.3 Å². The highest BCUT2D eigenvalue weighted by Gasteiger charge is 2.29. The third kappa shape index (κ3) is 2.31. The second-order valence-electron chi connectivity index (χ2n) is 4.94. The van der Waals surface area contributed by atoms with Crippen molar-refractivity contribution in [1.29, 1.82) is 0 Å². The average Bonchev–Trinajstić information content (AvgIpc) is 2.48. The number of amides is 2. The first-order valence-corrected chi connectivity index (χ1v) is 6.55. The molecular formula is C14H13N3O4. The highest BCUT2D eigenvalue weighted by Crippen LogP contribution is 2.18. The highest BCUT2D eigenvalue weighted by atomic mass is 16.3. The van der Waals surface area contributed by atoms with Crippen molar-refractivity contribution in [2.75, 3.05) is 0 Å². The van der Waals surface area contributed by atoms with Crippen LogP contribution in [0.1, 0.15) is 24.4 Å². The summed E-state index contributed by atoms with van der Waals surface area (Å²) in [4.78, 5) is 35.4. The maximum atomic E-state index is 12.4. The number of piperidine rings is 1. The van der Waals surface area contributed by atoms with Gasteiger partial charge in [0.1, 0.15) is 6.04 Å². The van der Waals surface area contributed by atoms with E-state index < -0.39 is 11.9 Å². The van der Waals surface area contributed by atoms with Crippen molar-refractivity contribution in [2.24, 2.45) is 0 Å². The number of carbonyl (C=O) groups excluding carboxylic acids is 2. The fraction of sp³-hybridized carbons (Fsp3) is 0.286. The molecule has 7 nitrogen and oxygen atoms in total. The van der Waals surface area contributed by atoms with Gasteiger partial charge in [-0.05, 0) is 24.1 Å². The summed E-state index contributed by atoms with van der Waals surface area (Å²) in [6, 6.07) is 4.17. The smallest absolute Gasteiger partial charge is 0.275 e. The second kappa shape index (κ2) is 5.10. The zero-order chi connectivity index (χ0) is 15.0. The van der Waals surface area contributed by atoms with E-state index >= 15 is 0 Å². The minimum absolute atomic E-state index is 0.119. The first-order valence-electron chi connectivity index (χ1n) is 6.55. The molecule has 108 valence electrons. The van der Waals surface area contributed by atoms with Crippen molar-refractivity contribution in [2.45, 2.75) is 25.5 Å². The molecule has 21 heavy (non-hydrogen) atoms. The van der Waals surface area contributed by atoms with Gasteiger partial charge in [-0.1, -0.05) is 6.07 Å². The Morgan fingerprint density at radius 2 is 2.14 bits per heavy atom. The number of hydrogen-bond acceptors (Lipinski definition) is 5. The van der Waals surface area contributed by atoms with Gasteiger partial charge in [-0.15, -0.1) is 0 Å². The molecule has 1 atom stereocenters. The lowest BCUT2D eigenvalue weighted by Crippen LogP contribution is -2.45. The fourth-order valence-corrected chi connectivity index (χ4v) is 2.45. The molecule has 1 aliphatic rings. The number of hydrogen-bond donors (Lipinski definition) is 2. The van der Waals surface area contributed by atoms with Crippen LogP contribution in [0.3, 0.4) is 0 Å². The fourth-order valence-electron chi connectivity index (χ4n) is 2.45. The molecule has 1 unspecified atom stereocenters. The zero-order valence-corrected chi connectivity index (χ0v) is 11.1. The maximum Gasteiger partial charge on any atom is 0.275 e. The van der Waals surface area contributed by atoms with E-state index in [0.717, 1.165) is 4.68 Å². The van der Waals surface area contributed by atoms with Gasteiger partial charge in [0.2, 0.25) is 5.91 Å². The quantitative estimate of drug-likeness (QED) is 0.749. The normalized spacial score (nSPS) is 18.8. The summed E-state index contributed by atoms with van der Waals surface area (Å²) in [5.74, 6) is -0.843. The number of aliphatic hydroxyl groups excluding tert-OH is 1. The van der Waals surface area contributed by atoms with Crippen LogP contribution in [0.2, 0.25) is 0 Å². The summed E-state index contributed by atoms with van der Waals surface area (Å²) in [7, 11) is 0. The Kier molecular flexibility index (Phi) is 3.26. The summed E-state index contributed by atoms with van der Waals surface area (Å²) in [6.45, 7) is -0.119. The van der Waals surface area contributed by atoms with Crippen LogP contribution in [-0.4, -0.2) is 26.7 Å².